The van der Waals surface area contributed by atoms with E-state index in [4.69, 9.17) is 27.6 Å². The number of nitrogens with zero attached hydrogens (tertiary/aromatic N) is 2. The molecule has 6 nitrogen and oxygen atoms in total. The highest BCUT2D eigenvalue weighted by molar-refractivity contribution is 6.31. The van der Waals surface area contributed by atoms with Crippen LogP contribution in [0.3, 0.4) is 0 Å². The number of hydrogen-bond acceptors (Lipinski definition) is 4. The summed E-state index contributed by atoms with van der Waals surface area (Å²) in [5.74, 6) is 0.961. The van der Waals surface area contributed by atoms with Crippen molar-refractivity contribution in [3.8, 4) is 11.3 Å². The number of hydrogen-bond donors (Lipinski definition) is 1. The molecule has 5 rings (SSSR count). The van der Waals surface area contributed by atoms with Gasteiger partial charge in [0.1, 0.15) is 11.5 Å². The lowest BCUT2D eigenvalue weighted by Gasteiger charge is -2.37. The van der Waals surface area contributed by atoms with Crippen LogP contribution in [0.5, 0.6) is 0 Å². The van der Waals surface area contributed by atoms with Crippen molar-refractivity contribution in [1.82, 2.24) is 4.90 Å². The molecule has 1 fully saturated rings. The molecule has 0 aliphatic carbocycles. The summed E-state index contributed by atoms with van der Waals surface area (Å²) in [7, 11) is 0. The summed E-state index contributed by atoms with van der Waals surface area (Å²) in [5.41, 5.74) is 4.11. The third-order valence-corrected chi connectivity index (χ3v) is 7.30. The molecule has 4 aromatic rings. The molecule has 0 atom stereocenters. The molecule has 2 amide bonds. The predicted octanol–water partition coefficient (Wildman–Crippen LogP) is 7.18. The van der Waals surface area contributed by atoms with Crippen LogP contribution in [0.1, 0.15) is 21.7 Å². The number of anilines is 2. The molecular formula is C31H27Cl2N3O3. The maximum Gasteiger partial charge on any atom is 0.253 e. The van der Waals surface area contributed by atoms with Crippen molar-refractivity contribution in [2.45, 2.75) is 6.92 Å². The second kappa shape index (κ2) is 11.8. The zero-order valence-electron chi connectivity index (χ0n) is 21.4. The average molecular weight is 560 g/mol. The quantitative estimate of drug-likeness (QED) is 0.254. The third kappa shape index (κ3) is 6.36. The molecule has 39 heavy (non-hydrogen) atoms. The SMILES string of the molecule is Cc1ccc(-c2ccc(/C=C/C(=O)Nc3ccccc3N3CCN(C(=O)c4ccc(Cl)cc4)CC3)o2)cc1Cl. The smallest absolute Gasteiger partial charge is 0.253 e. The number of rotatable bonds is 6. The summed E-state index contributed by atoms with van der Waals surface area (Å²) in [5, 5.41) is 4.25. The van der Waals surface area contributed by atoms with Gasteiger partial charge in [0.05, 0.1) is 11.4 Å². The molecule has 3 aromatic carbocycles. The van der Waals surface area contributed by atoms with Gasteiger partial charge in [0.25, 0.3) is 5.91 Å². The van der Waals surface area contributed by atoms with Gasteiger partial charge in [-0.25, -0.2) is 0 Å². The minimum Gasteiger partial charge on any atom is -0.457 e. The molecule has 2 heterocycles. The first kappa shape index (κ1) is 26.6. The highest BCUT2D eigenvalue weighted by Gasteiger charge is 2.23. The van der Waals surface area contributed by atoms with Crippen LogP contribution in [0, 0.1) is 6.92 Å². The van der Waals surface area contributed by atoms with E-state index in [2.05, 4.69) is 10.2 Å². The number of halogens is 2. The maximum atomic E-state index is 12.9. The van der Waals surface area contributed by atoms with E-state index in [9.17, 15) is 9.59 Å². The molecule has 0 spiro atoms. The summed E-state index contributed by atoms with van der Waals surface area (Å²) in [6, 6.07) is 24.0. The fourth-order valence-corrected chi connectivity index (χ4v) is 4.76. The average Bonchev–Trinajstić information content (AvgIpc) is 3.43. The lowest BCUT2D eigenvalue weighted by Crippen LogP contribution is -2.49. The van der Waals surface area contributed by atoms with E-state index < -0.39 is 0 Å². The first-order valence-corrected chi connectivity index (χ1v) is 13.4. The van der Waals surface area contributed by atoms with Crippen LogP contribution in [-0.4, -0.2) is 42.9 Å². The Balaban J connectivity index is 1.20. The van der Waals surface area contributed by atoms with Crippen molar-refractivity contribution < 1.29 is 14.0 Å². The molecule has 1 N–H and O–H groups in total. The summed E-state index contributed by atoms with van der Waals surface area (Å²) in [4.78, 5) is 29.6. The molecule has 0 unspecified atom stereocenters. The molecular weight excluding hydrogens is 533 g/mol. The number of carbonyl (C=O) groups is 2. The van der Waals surface area contributed by atoms with Gasteiger partial charge in [0.2, 0.25) is 5.91 Å². The lowest BCUT2D eigenvalue weighted by molar-refractivity contribution is -0.111. The van der Waals surface area contributed by atoms with Crippen LogP contribution < -0.4 is 10.2 Å². The van der Waals surface area contributed by atoms with Crippen molar-refractivity contribution in [2.75, 3.05) is 36.4 Å². The second-order valence-electron chi connectivity index (χ2n) is 9.29. The first-order chi connectivity index (χ1) is 18.9. The summed E-state index contributed by atoms with van der Waals surface area (Å²) >= 11 is 12.2. The van der Waals surface area contributed by atoms with E-state index in [-0.39, 0.29) is 11.8 Å². The first-order valence-electron chi connectivity index (χ1n) is 12.6. The highest BCUT2D eigenvalue weighted by atomic mass is 35.5. The van der Waals surface area contributed by atoms with Crippen LogP contribution in [0.4, 0.5) is 11.4 Å². The topological polar surface area (TPSA) is 65.8 Å². The normalized spacial score (nSPS) is 13.6. The second-order valence-corrected chi connectivity index (χ2v) is 10.1. The Bertz CT molecular complexity index is 1520. The Kier molecular flexibility index (Phi) is 8.05. The summed E-state index contributed by atoms with van der Waals surface area (Å²) < 4.78 is 5.88. The molecule has 1 aliphatic rings. The van der Waals surface area contributed by atoms with Gasteiger partial charge in [-0.05, 0) is 73.2 Å². The minimum atomic E-state index is -0.268. The Morgan fingerprint density at radius 1 is 0.897 bits per heavy atom. The Labute approximate surface area is 237 Å². The number of para-hydroxylation sites is 2. The van der Waals surface area contributed by atoms with Gasteiger partial charge in [-0.1, -0.05) is 47.5 Å². The molecule has 8 heteroatoms. The van der Waals surface area contributed by atoms with E-state index >= 15 is 0 Å². The molecule has 198 valence electrons. The Morgan fingerprint density at radius 3 is 2.38 bits per heavy atom. The van der Waals surface area contributed by atoms with E-state index in [0.29, 0.717) is 59.0 Å². The number of amides is 2. The van der Waals surface area contributed by atoms with Gasteiger partial charge >= 0.3 is 0 Å². The standard InChI is InChI=1S/C31H27Cl2N3O3/c1-21-6-7-23(20-26(21)33)29-14-12-25(39-29)13-15-30(37)34-27-4-2-3-5-28(27)35-16-18-36(19-17-35)31(38)22-8-10-24(32)11-9-22/h2-15,20H,16-19H2,1H3,(H,34,37)/b15-13+. The number of furan rings is 1. The molecule has 1 aromatic heterocycles. The summed E-state index contributed by atoms with van der Waals surface area (Å²) in [6.45, 7) is 4.41. The molecule has 0 radical (unpaired) electrons. The van der Waals surface area contributed by atoms with Crippen molar-refractivity contribution in [1.29, 1.82) is 0 Å². The molecule has 1 saturated heterocycles. The van der Waals surface area contributed by atoms with Gasteiger partial charge < -0.3 is 19.5 Å². The number of benzene rings is 3. The molecule has 0 bridgehead atoms. The molecule has 0 saturated carbocycles. The van der Waals surface area contributed by atoms with Gasteiger partial charge in [-0.15, -0.1) is 0 Å². The van der Waals surface area contributed by atoms with Crippen molar-refractivity contribution >= 4 is 52.5 Å². The maximum absolute atomic E-state index is 12.9. The van der Waals surface area contributed by atoms with Gasteiger partial charge in [-0.3, -0.25) is 9.59 Å². The number of carbonyl (C=O) groups excluding carboxylic acids is 2. The van der Waals surface area contributed by atoms with Crippen LogP contribution >= 0.6 is 23.2 Å². The van der Waals surface area contributed by atoms with Gasteiger partial charge in [-0.2, -0.15) is 0 Å². The number of piperazine rings is 1. The van der Waals surface area contributed by atoms with E-state index in [0.717, 1.165) is 16.8 Å². The van der Waals surface area contributed by atoms with E-state index in [1.54, 1.807) is 30.3 Å². The van der Waals surface area contributed by atoms with E-state index in [1.165, 1.54) is 6.08 Å². The fraction of sp³-hybridized carbons (Fsp3) is 0.161. The third-order valence-electron chi connectivity index (χ3n) is 6.64. The fourth-order valence-electron chi connectivity index (χ4n) is 4.46. The zero-order chi connectivity index (χ0) is 27.4. The minimum absolute atomic E-state index is 0.00963. The predicted molar refractivity (Wildman–Crippen MR) is 158 cm³/mol. The van der Waals surface area contributed by atoms with Crippen molar-refractivity contribution in [2.24, 2.45) is 0 Å². The zero-order valence-corrected chi connectivity index (χ0v) is 22.9. The Morgan fingerprint density at radius 2 is 1.64 bits per heavy atom. The van der Waals surface area contributed by atoms with Crippen LogP contribution in [0.2, 0.25) is 10.0 Å². The number of aryl methyl sites for hydroxylation is 1. The number of nitrogens with one attached hydrogen (secondary N) is 1. The van der Waals surface area contributed by atoms with Crippen molar-refractivity contribution in [3.05, 3.63) is 112 Å². The Hall–Kier alpha value is -4.00. The lowest BCUT2D eigenvalue weighted by atomic mass is 10.1. The largest absolute Gasteiger partial charge is 0.457 e. The van der Waals surface area contributed by atoms with Crippen LogP contribution in [-0.2, 0) is 4.79 Å². The van der Waals surface area contributed by atoms with Gasteiger partial charge in [0, 0.05) is 53.4 Å². The van der Waals surface area contributed by atoms with Crippen LogP contribution in [0.15, 0.2) is 89.4 Å². The van der Waals surface area contributed by atoms with E-state index in [1.807, 2.05) is 66.4 Å². The van der Waals surface area contributed by atoms with Crippen molar-refractivity contribution in [3.63, 3.8) is 0 Å². The van der Waals surface area contributed by atoms with Gasteiger partial charge in [0.15, 0.2) is 0 Å². The monoisotopic (exact) mass is 559 g/mol. The summed E-state index contributed by atoms with van der Waals surface area (Å²) in [6.07, 6.45) is 3.09. The highest BCUT2D eigenvalue weighted by Crippen LogP contribution is 2.29. The van der Waals surface area contributed by atoms with Crippen LogP contribution in [0.25, 0.3) is 17.4 Å². The molecule has 1 aliphatic heterocycles.